The number of rotatable bonds is 8. The molecular formula is C34H30O6. The van der Waals surface area contributed by atoms with E-state index in [9.17, 15) is 9.59 Å². The van der Waals surface area contributed by atoms with Gasteiger partial charge in [-0.15, -0.1) is 0 Å². The maximum absolute atomic E-state index is 12.8. The molecule has 40 heavy (non-hydrogen) atoms. The van der Waals surface area contributed by atoms with Crippen molar-refractivity contribution < 1.29 is 28.5 Å². The largest absolute Gasteiger partial charge is 0.453 e. The number of hydrogen-bond acceptors (Lipinski definition) is 6. The fraction of sp³-hybridized carbons (Fsp3) is 0.235. The Balaban J connectivity index is 1.01. The molecule has 2 aliphatic heterocycles. The molecule has 2 fully saturated rings. The average molecular weight is 535 g/mol. The molecule has 0 bridgehead atoms. The van der Waals surface area contributed by atoms with Gasteiger partial charge in [0.15, 0.2) is 12.2 Å². The van der Waals surface area contributed by atoms with Crippen LogP contribution in [0.4, 0.5) is 0 Å². The SMILES string of the molecule is O=C(O[C@H]1CO[C@@H]2[C@H]1OC[C@H]2OC(=O)c1ccc(Cc2ccccc2)cc1)c1ccc(Cc2ccccc2)cc1. The lowest BCUT2D eigenvalue weighted by Gasteiger charge is -2.17. The second-order valence-electron chi connectivity index (χ2n) is 10.2. The average Bonchev–Trinajstić information content (AvgIpc) is 3.58. The minimum absolute atomic E-state index is 0.190. The van der Waals surface area contributed by atoms with Crippen LogP contribution in [-0.4, -0.2) is 49.6 Å². The second kappa shape index (κ2) is 11.9. The van der Waals surface area contributed by atoms with Crippen molar-refractivity contribution in [1.29, 1.82) is 0 Å². The predicted molar refractivity (Wildman–Crippen MR) is 149 cm³/mol. The van der Waals surface area contributed by atoms with E-state index in [-0.39, 0.29) is 13.2 Å². The summed E-state index contributed by atoms with van der Waals surface area (Å²) in [7, 11) is 0. The molecule has 0 unspecified atom stereocenters. The molecule has 0 amide bonds. The zero-order chi connectivity index (χ0) is 27.3. The first-order valence-electron chi connectivity index (χ1n) is 13.5. The summed E-state index contributed by atoms with van der Waals surface area (Å²) in [4.78, 5) is 25.7. The van der Waals surface area contributed by atoms with Gasteiger partial charge in [0.2, 0.25) is 0 Å². The summed E-state index contributed by atoms with van der Waals surface area (Å²) in [6, 6.07) is 35.2. The first-order chi connectivity index (χ1) is 19.6. The van der Waals surface area contributed by atoms with E-state index in [0.29, 0.717) is 11.1 Å². The summed E-state index contributed by atoms with van der Waals surface area (Å²) in [5, 5.41) is 0. The first-order valence-corrected chi connectivity index (χ1v) is 13.5. The number of hydrogen-bond donors (Lipinski definition) is 0. The molecule has 0 aliphatic carbocycles. The maximum atomic E-state index is 12.8. The minimum atomic E-state index is -0.567. The zero-order valence-electron chi connectivity index (χ0n) is 22.0. The number of carbonyl (C=O) groups is 2. The van der Waals surface area contributed by atoms with Gasteiger partial charge in [-0.2, -0.15) is 0 Å². The summed E-state index contributed by atoms with van der Waals surface area (Å²) in [5.41, 5.74) is 5.58. The second-order valence-corrected chi connectivity index (χ2v) is 10.2. The monoisotopic (exact) mass is 534 g/mol. The molecule has 6 heteroatoms. The van der Waals surface area contributed by atoms with E-state index in [1.54, 1.807) is 24.3 Å². The minimum Gasteiger partial charge on any atom is -0.453 e. The Kier molecular flexibility index (Phi) is 7.71. The van der Waals surface area contributed by atoms with Crippen molar-refractivity contribution in [2.24, 2.45) is 0 Å². The van der Waals surface area contributed by atoms with Crippen LogP contribution in [0, 0.1) is 0 Å². The summed E-state index contributed by atoms with van der Waals surface area (Å²) in [6.07, 6.45) is -0.505. The Bertz CT molecular complexity index is 1320. The van der Waals surface area contributed by atoms with Crippen molar-refractivity contribution >= 4 is 11.9 Å². The van der Waals surface area contributed by atoms with Crippen molar-refractivity contribution in [2.45, 2.75) is 37.3 Å². The Morgan fingerprint density at radius 2 is 0.875 bits per heavy atom. The third kappa shape index (κ3) is 5.98. The van der Waals surface area contributed by atoms with Crippen LogP contribution in [0.5, 0.6) is 0 Å². The third-order valence-electron chi connectivity index (χ3n) is 7.36. The highest BCUT2D eigenvalue weighted by molar-refractivity contribution is 5.90. The molecule has 4 aromatic carbocycles. The molecule has 2 saturated heterocycles. The number of ether oxygens (including phenoxy) is 4. The molecule has 2 aliphatic rings. The molecule has 0 N–H and O–H groups in total. The highest BCUT2D eigenvalue weighted by Gasteiger charge is 2.51. The lowest BCUT2D eigenvalue weighted by molar-refractivity contribution is -0.0287. The van der Waals surface area contributed by atoms with E-state index in [0.717, 1.165) is 24.0 Å². The Labute approximate surface area is 233 Å². The maximum Gasteiger partial charge on any atom is 0.338 e. The smallest absolute Gasteiger partial charge is 0.338 e. The van der Waals surface area contributed by atoms with Crippen LogP contribution in [0.1, 0.15) is 43.0 Å². The summed E-state index contributed by atoms with van der Waals surface area (Å²) >= 11 is 0. The molecule has 6 rings (SSSR count). The Morgan fingerprint density at radius 1 is 0.525 bits per heavy atom. The van der Waals surface area contributed by atoms with Gasteiger partial charge in [0.25, 0.3) is 0 Å². The molecule has 4 aromatic rings. The van der Waals surface area contributed by atoms with Gasteiger partial charge in [0.1, 0.15) is 12.2 Å². The van der Waals surface area contributed by atoms with Crippen molar-refractivity contribution in [2.75, 3.05) is 13.2 Å². The van der Waals surface area contributed by atoms with Crippen molar-refractivity contribution in [3.8, 4) is 0 Å². The summed E-state index contributed by atoms with van der Waals surface area (Å²) in [5.74, 6) is -0.861. The van der Waals surface area contributed by atoms with Gasteiger partial charge in [-0.3, -0.25) is 0 Å². The number of esters is 2. The highest BCUT2D eigenvalue weighted by Crippen LogP contribution is 2.31. The van der Waals surface area contributed by atoms with E-state index >= 15 is 0 Å². The van der Waals surface area contributed by atoms with E-state index < -0.39 is 36.4 Å². The van der Waals surface area contributed by atoms with E-state index in [1.165, 1.54) is 11.1 Å². The van der Waals surface area contributed by atoms with E-state index in [2.05, 4.69) is 24.3 Å². The predicted octanol–water partition coefficient (Wildman–Crippen LogP) is 5.42. The fourth-order valence-electron chi connectivity index (χ4n) is 5.22. The number of benzene rings is 4. The van der Waals surface area contributed by atoms with Gasteiger partial charge in [-0.25, -0.2) is 9.59 Å². The van der Waals surface area contributed by atoms with Crippen LogP contribution in [0.15, 0.2) is 109 Å². The van der Waals surface area contributed by atoms with Crippen LogP contribution in [0.25, 0.3) is 0 Å². The summed E-state index contributed by atoms with van der Waals surface area (Å²) in [6.45, 7) is 0.380. The molecule has 0 spiro atoms. The number of fused-ring (bicyclic) bond motifs is 1. The molecule has 0 radical (unpaired) electrons. The van der Waals surface area contributed by atoms with Gasteiger partial charge < -0.3 is 18.9 Å². The van der Waals surface area contributed by atoms with E-state index in [1.807, 2.05) is 60.7 Å². The topological polar surface area (TPSA) is 71.1 Å². The van der Waals surface area contributed by atoms with Crippen LogP contribution in [0.3, 0.4) is 0 Å². The third-order valence-corrected chi connectivity index (χ3v) is 7.36. The molecule has 6 nitrogen and oxygen atoms in total. The standard InChI is InChI=1S/C34H30O6/c35-33(27-15-11-25(12-16-27)19-23-7-3-1-4-8-23)39-29-21-37-32-30(22-38-31(29)32)40-34(36)28-17-13-26(14-18-28)20-24-9-5-2-6-10-24/h1-18,29-32H,19-22H2/t29-,30+,31-,32-/m0/s1. The molecule has 2 heterocycles. The lowest BCUT2D eigenvalue weighted by Crippen LogP contribution is -2.36. The van der Waals surface area contributed by atoms with Gasteiger partial charge in [0, 0.05) is 0 Å². The van der Waals surface area contributed by atoms with Gasteiger partial charge >= 0.3 is 11.9 Å². The molecule has 0 saturated carbocycles. The normalized spacial score (nSPS) is 21.5. The van der Waals surface area contributed by atoms with E-state index in [4.69, 9.17) is 18.9 Å². The first kappa shape index (κ1) is 26.0. The fourth-order valence-corrected chi connectivity index (χ4v) is 5.22. The van der Waals surface area contributed by atoms with Gasteiger partial charge in [0.05, 0.1) is 24.3 Å². The highest BCUT2D eigenvalue weighted by atomic mass is 16.7. The molecule has 0 aromatic heterocycles. The number of carbonyl (C=O) groups excluding carboxylic acids is 2. The zero-order valence-corrected chi connectivity index (χ0v) is 22.0. The lowest BCUT2D eigenvalue weighted by atomic mass is 10.0. The van der Waals surface area contributed by atoms with Crippen LogP contribution in [-0.2, 0) is 31.8 Å². The molecule has 202 valence electrons. The Morgan fingerprint density at radius 3 is 1.25 bits per heavy atom. The van der Waals surface area contributed by atoms with Crippen LogP contribution < -0.4 is 0 Å². The summed E-state index contributed by atoms with van der Waals surface area (Å²) < 4.78 is 23.2. The Hall–Kier alpha value is -4.26. The van der Waals surface area contributed by atoms with Crippen LogP contribution in [0.2, 0.25) is 0 Å². The van der Waals surface area contributed by atoms with Crippen molar-refractivity contribution in [3.05, 3.63) is 143 Å². The van der Waals surface area contributed by atoms with Gasteiger partial charge in [-0.05, 0) is 59.4 Å². The molecule has 4 atom stereocenters. The van der Waals surface area contributed by atoms with Crippen molar-refractivity contribution in [1.82, 2.24) is 0 Å². The van der Waals surface area contributed by atoms with Gasteiger partial charge in [-0.1, -0.05) is 84.9 Å². The van der Waals surface area contributed by atoms with Crippen molar-refractivity contribution in [3.63, 3.8) is 0 Å². The van der Waals surface area contributed by atoms with Crippen LogP contribution >= 0.6 is 0 Å². The quantitative estimate of drug-likeness (QED) is 0.281. The molecular weight excluding hydrogens is 504 g/mol.